The van der Waals surface area contributed by atoms with Gasteiger partial charge in [-0.1, -0.05) is 35.0 Å². The van der Waals surface area contributed by atoms with Crippen molar-refractivity contribution >= 4 is 28.3 Å². The molecule has 0 bridgehead atoms. The molecule has 1 fully saturated rings. The van der Waals surface area contributed by atoms with Crippen LogP contribution in [-0.4, -0.2) is 13.1 Å². The van der Waals surface area contributed by atoms with Gasteiger partial charge >= 0.3 is 0 Å². The first-order valence-electron chi connectivity index (χ1n) is 5.17. The zero-order chi connectivity index (χ0) is 10.0. The smallest absolute Gasteiger partial charge is 0.0175 e. The fourth-order valence-electron chi connectivity index (χ4n) is 2.12. The third kappa shape index (κ3) is 2.96. The molecule has 1 aliphatic heterocycles. The molecule has 1 saturated heterocycles. The molecular weight excluding hydrogens is 273 g/mol. The topological polar surface area (TPSA) is 12.0 Å². The Morgan fingerprint density at radius 3 is 2.20 bits per heavy atom. The Labute approximate surface area is 106 Å². The zero-order valence-electron chi connectivity index (χ0n) is 8.92. The lowest BCUT2D eigenvalue weighted by Gasteiger charge is -2.34. The van der Waals surface area contributed by atoms with Crippen molar-refractivity contribution in [1.82, 2.24) is 5.32 Å². The van der Waals surface area contributed by atoms with Crippen molar-refractivity contribution in [2.45, 2.75) is 25.2 Å². The van der Waals surface area contributed by atoms with E-state index in [0.717, 1.165) is 13.1 Å². The first kappa shape index (κ1) is 13.0. The van der Waals surface area contributed by atoms with Crippen LogP contribution in [0.3, 0.4) is 0 Å². The van der Waals surface area contributed by atoms with Crippen molar-refractivity contribution in [3.8, 4) is 0 Å². The molecule has 0 radical (unpaired) electrons. The van der Waals surface area contributed by atoms with Gasteiger partial charge in [-0.3, -0.25) is 0 Å². The summed E-state index contributed by atoms with van der Waals surface area (Å²) in [4.78, 5) is 0. The lowest BCUT2D eigenvalue weighted by Crippen LogP contribution is -2.37. The number of piperidine rings is 1. The van der Waals surface area contributed by atoms with Crippen LogP contribution in [0.25, 0.3) is 0 Å². The quantitative estimate of drug-likeness (QED) is 0.834. The van der Waals surface area contributed by atoms with Gasteiger partial charge in [-0.15, -0.1) is 12.4 Å². The van der Waals surface area contributed by atoms with Crippen molar-refractivity contribution in [3.05, 3.63) is 34.3 Å². The molecule has 1 N–H and O–H groups in total. The van der Waals surface area contributed by atoms with Gasteiger partial charge in [0, 0.05) is 4.47 Å². The largest absolute Gasteiger partial charge is 0.317 e. The van der Waals surface area contributed by atoms with E-state index in [4.69, 9.17) is 0 Å². The molecule has 15 heavy (non-hydrogen) atoms. The highest BCUT2D eigenvalue weighted by molar-refractivity contribution is 9.10. The Bertz CT molecular complexity index is 304. The van der Waals surface area contributed by atoms with Crippen LogP contribution in [0.1, 0.15) is 25.3 Å². The maximum absolute atomic E-state index is 3.47. The molecule has 0 aliphatic carbocycles. The third-order valence-corrected chi connectivity index (χ3v) is 3.78. The van der Waals surface area contributed by atoms with Gasteiger partial charge in [0.15, 0.2) is 0 Å². The number of rotatable bonds is 1. The van der Waals surface area contributed by atoms with Crippen LogP contribution in [0.15, 0.2) is 28.7 Å². The van der Waals surface area contributed by atoms with Crippen LogP contribution < -0.4 is 5.32 Å². The van der Waals surface area contributed by atoms with Crippen LogP contribution in [0.4, 0.5) is 0 Å². The summed E-state index contributed by atoms with van der Waals surface area (Å²) in [6, 6.07) is 8.77. The first-order chi connectivity index (χ1) is 6.71. The average Bonchev–Trinajstić information content (AvgIpc) is 2.19. The standard InChI is InChI=1S/C12H16BrN.ClH/c1-12(6-8-14-9-7-12)10-2-4-11(13)5-3-10;/h2-5,14H,6-9H2,1H3;1H. The van der Waals surface area contributed by atoms with Gasteiger partial charge in [-0.2, -0.15) is 0 Å². The van der Waals surface area contributed by atoms with Gasteiger partial charge in [0.25, 0.3) is 0 Å². The summed E-state index contributed by atoms with van der Waals surface area (Å²) < 4.78 is 1.17. The molecule has 0 spiro atoms. The minimum atomic E-state index is 0. The zero-order valence-corrected chi connectivity index (χ0v) is 11.3. The summed E-state index contributed by atoms with van der Waals surface area (Å²) in [5.74, 6) is 0. The molecular formula is C12H17BrClN. The second-order valence-corrected chi connectivity index (χ2v) is 5.23. The Balaban J connectivity index is 0.00000112. The summed E-state index contributed by atoms with van der Waals surface area (Å²) in [5, 5.41) is 3.41. The molecule has 0 amide bonds. The van der Waals surface area contributed by atoms with E-state index < -0.39 is 0 Å². The van der Waals surface area contributed by atoms with Gasteiger partial charge < -0.3 is 5.32 Å². The molecule has 84 valence electrons. The van der Waals surface area contributed by atoms with Gasteiger partial charge in [-0.25, -0.2) is 0 Å². The van der Waals surface area contributed by atoms with Crippen LogP contribution in [0.2, 0.25) is 0 Å². The Morgan fingerprint density at radius 1 is 1.13 bits per heavy atom. The highest BCUT2D eigenvalue weighted by Crippen LogP contribution is 2.33. The van der Waals surface area contributed by atoms with Gasteiger partial charge in [0.1, 0.15) is 0 Å². The first-order valence-corrected chi connectivity index (χ1v) is 5.97. The maximum Gasteiger partial charge on any atom is 0.0175 e. The Kier molecular flexibility index (Phi) is 4.63. The SMILES string of the molecule is CC1(c2ccc(Br)cc2)CCNCC1.Cl. The van der Waals surface area contributed by atoms with Gasteiger partial charge in [0.2, 0.25) is 0 Å². The molecule has 1 heterocycles. The molecule has 2 rings (SSSR count). The van der Waals surface area contributed by atoms with Crippen LogP contribution >= 0.6 is 28.3 Å². The van der Waals surface area contributed by atoms with Crippen molar-refractivity contribution < 1.29 is 0 Å². The Hall–Kier alpha value is -0.0500. The number of hydrogen-bond acceptors (Lipinski definition) is 1. The minimum absolute atomic E-state index is 0. The predicted molar refractivity (Wildman–Crippen MR) is 70.8 cm³/mol. The maximum atomic E-state index is 3.47. The van der Waals surface area contributed by atoms with Crippen molar-refractivity contribution in [2.75, 3.05) is 13.1 Å². The molecule has 1 aromatic carbocycles. The van der Waals surface area contributed by atoms with Crippen LogP contribution in [0, 0.1) is 0 Å². The van der Waals surface area contributed by atoms with Crippen molar-refractivity contribution in [2.24, 2.45) is 0 Å². The number of nitrogens with one attached hydrogen (secondary N) is 1. The highest BCUT2D eigenvalue weighted by atomic mass is 79.9. The van der Waals surface area contributed by atoms with Crippen LogP contribution in [0.5, 0.6) is 0 Å². The van der Waals surface area contributed by atoms with Crippen molar-refractivity contribution in [1.29, 1.82) is 0 Å². The van der Waals surface area contributed by atoms with E-state index in [-0.39, 0.29) is 12.4 Å². The van der Waals surface area contributed by atoms with E-state index in [2.05, 4.69) is 52.4 Å². The lowest BCUT2D eigenvalue weighted by atomic mass is 9.75. The van der Waals surface area contributed by atoms with E-state index in [0.29, 0.717) is 5.41 Å². The molecule has 1 aromatic rings. The number of benzene rings is 1. The molecule has 0 unspecified atom stereocenters. The molecule has 3 heteroatoms. The van der Waals surface area contributed by atoms with Crippen molar-refractivity contribution in [3.63, 3.8) is 0 Å². The van der Waals surface area contributed by atoms with Crippen LogP contribution in [-0.2, 0) is 5.41 Å². The van der Waals surface area contributed by atoms with E-state index in [1.807, 2.05) is 0 Å². The monoisotopic (exact) mass is 289 g/mol. The lowest BCUT2D eigenvalue weighted by molar-refractivity contribution is 0.335. The number of hydrogen-bond donors (Lipinski definition) is 1. The molecule has 0 atom stereocenters. The highest BCUT2D eigenvalue weighted by Gasteiger charge is 2.28. The Morgan fingerprint density at radius 2 is 1.67 bits per heavy atom. The van der Waals surface area contributed by atoms with E-state index >= 15 is 0 Å². The minimum Gasteiger partial charge on any atom is -0.317 e. The normalized spacial score (nSPS) is 19.3. The molecule has 0 aromatic heterocycles. The van der Waals surface area contributed by atoms with E-state index in [1.54, 1.807) is 0 Å². The summed E-state index contributed by atoms with van der Waals surface area (Å²) in [6.07, 6.45) is 2.49. The molecule has 1 aliphatic rings. The second kappa shape index (κ2) is 5.33. The summed E-state index contributed by atoms with van der Waals surface area (Å²) in [6.45, 7) is 4.66. The summed E-state index contributed by atoms with van der Waals surface area (Å²) in [7, 11) is 0. The predicted octanol–water partition coefficient (Wildman–Crippen LogP) is 3.51. The average molecular weight is 291 g/mol. The third-order valence-electron chi connectivity index (χ3n) is 3.25. The fraction of sp³-hybridized carbons (Fsp3) is 0.500. The summed E-state index contributed by atoms with van der Waals surface area (Å²) in [5.41, 5.74) is 1.86. The second-order valence-electron chi connectivity index (χ2n) is 4.32. The molecule has 0 saturated carbocycles. The fourth-order valence-corrected chi connectivity index (χ4v) is 2.38. The molecule has 1 nitrogen and oxygen atoms in total. The number of halogens is 2. The summed E-state index contributed by atoms with van der Waals surface area (Å²) >= 11 is 3.47. The van der Waals surface area contributed by atoms with E-state index in [9.17, 15) is 0 Å². The van der Waals surface area contributed by atoms with Gasteiger partial charge in [-0.05, 0) is 49.0 Å². The van der Waals surface area contributed by atoms with Gasteiger partial charge in [0.05, 0.1) is 0 Å². The van der Waals surface area contributed by atoms with E-state index in [1.165, 1.54) is 22.9 Å².